The van der Waals surface area contributed by atoms with Crippen molar-refractivity contribution >= 4 is 81.0 Å². The van der Waals surface area contributed by atoms with Gasteiger partial charge in [-0.2, -0.15) is 15.3 Å². The highest BCUT2D eigenvalue weighted by molar-refractivity contribution is 7.30. The molecule has 2 saturated carbocycles. The molecular weight excluding hydrogens is 817 g/mol. The maximum atomic E-state index is 10.5. The summed E-state index contributed by atoms with van der Waals surface area (Å²) in [7, 11) is 4.33. The third-order valence-corrected chi connectivity index (χ3v) is 15.9. The van der Waals surface area contributed by atoms with Gasteiger partial charge in [0.15, 0.2) is 29.6 Å². The molecule has 11 rings (SSSR count). The highest BCUT2D eigenvalue weighted by Crippen LogP contribution is 2.43. The van der Waals surface area contributed by atoms with Crippen molar-refractivity contribution in [1.29, 1.82) is 0 Å². The van der Waals surface area contributed by atoms with Gasteiger partial charge in [0, 0.05) is 67.0 Å². The van der Waals surface area contributed by atoms with Crippen molar-refractivity contribution in [3.05, 3.63) is 66.5 Å². The molecule has 59 heavy (non-hydrogen) atoms. The van der Waals surface area contributed by atoms with Crippen molar-refractivity contribution in [3.63, 3.8) is 0 Å². The van der Waals surface area contributed by atoms with Gasteiger partial charge in [-0.3, -0.25) is 10.1 Å². The fourth-order valence-electron chi connectivity index (χ4n) is 8.33. The fourth-order valence-corrected chi connectivity index (χ4v) is 12.5. The molecule has 8 aromatic rings. The maximum Gasteiger partial charge on any atom is 0.188 e. The Hall–Kier alpha value is -5.23. The van der Waals surface area contributed by atoms with Gasteiger partial charge in [-0.15, -0.1) is 0 Å². The first kappa shape index (κ1) is 38.0. The number of allylic oxidation sites excluding steroid dienone is 1. The number of nitrogens with zero attached hydrogens (tertiary/aromatic N) is 11. The van der Waals surface area contributed by atoms with Crippen molar-refractivity contribution in [2.45, 2.75) is 82.7 Å². The van der Waals surface area contributed by atoms with Crippen LogP contribution >= 0.6 is 45.3 Å². The second-order valence-electron chi connectivity index (χ2n) is 15.3. The van der Waals surface area contributed by atoms with Crippen LogP contribution in [0.2, 0.25) is 0 Å². The maximum absolute atomic E-state index is 10.5. The average molecular weight is 859 g/mol. The SMILES string of the molecule is CN(c1nc2sc(-c3cnc(-c4cn[nH]c4)c4c3C=CC4)nc2s1)C1CCCCC1.CN(c1nc2sc(-c3ncc(-c4ccnnc4)cc3O)nc2s1)C1CCCCC1. The summed E-state index contributed by atoms with van der Waals surface area (Å²) in [6, 6.07) is 4.71. The lowest BCUT2D eigenvalue weighted by Gasteiger charge is -2.30. The van der Waals surface area contributed by atoms with Crippen LogP contribution in [0.25, 0.3) is 69.1 Å². The monoisotopic (exact) mass is 858 g/mol. The summed E-state index contributed by atoms with van der Waals surface area (Å²) >= 11 is 6.46. The number of H-pyrrole nitrogens is 1. The van der Waals surface area contributed by atoms with Gasteiger partial charge in [0.25, 0.3) is 0 Å². The molecule has 0 spiro atoms. The Morgan fingerprint density at radius 2 is 1.31 bits per heavy atom. The normalized spacial score (nSPS) is 15.8. The highest BCUT2D eigenvalue weighted by Gasteiger charge is 2.26. The van der Waals surface area contributed by atoms with Crippen LogP contribution in [0, 0.1) is 0 Å². The minimum atomic E-state index is 0.0975. The van der Waals surface area contributed by atoms with E-state index in [0.717, 1.165) is 69.0 Å². The summed E-state index contributed by atoms with van der Waals surface area (Å²) in [5.74, 6) is 0.0975. The van der Waals surface area contributed by atoms with Crippen molar-refractivity contribution in [3.8, 4) is 49.4 Å². The summed E-state index contributed by atoms with van der Waals surface area (Å²) in [6.07, 6.45) is 28.9. The predicted molar refractivity (Wildman–Crippen MR) is 241 cm³/mol. The van der Waals surface area contributed by atoms with Gasteiger partial charge < -0.3 is 14.9 Å². The second kappa shape index (κ2) is 16.4. The molecular formula is C42H42N12OS4. The predicted octanol–water partition coefficient (Wildman–Crippen LogP) is 10.3. The minimum Gasteiger partial charge on any atom is -0.506 e. The number of aromatic amines is 1. The van der Waals surface area contributed by atoms with Crippen LogP contribution in [0.15, 0.2) is 55.4 Å². The smallest absolute Gasteiger partial charge is 0.188 e. The third kappa shape index (κ3) is 7.60. The molecule has 0 radical (unpaired) electrons. The minimum absolute atomic E-state index is 0.0975. The quantitative estimate of drug-likeness (QED) is 0.149. The molecule has 0 saturated heterocycles. The van der Waals surface area contributed by atoms with Crippen molar-refractivity contribution < 1.29 is 5.11 Å². The van der Waals surface area contributed by atoms with E-state index >= 15 is 0 Å². The van der Waals surface area contributed by atoms with Crippen molar-refractivity contribution in [2.75, 3.05) is 23.9 Å². The van der Waals surface area contributed by atoms with Crippen LogP contribution in [-0.2, 0) is 6.42 Å². The number of fused-ring (bicyclic) bond motifs is 3. The molecule has 17 heteroatoms. The number of aromatic hydroxyl groups is 1. The average Bonchev–Trinajstić information content (AvgIpc) is 4.14. The fraction of sp³-hybridized carbons (Fsp3) is 0.357. The number of rotatable bonds is 8. The van der Waals surface area contributed by atoms with Crippen LogP contribution < -0.4 is 9.80 Å². The summed E-state index contributed by atoms with van der Waals surface area (Å²) in [4.78, 5) is 37.1. The summed E-state index contributed by atoms with van der Waals surface area (Å²) in [5, 5.41) is 28.9. The molecule has 3 aliphatic rings. The standard InChI is InChI=1S/C22H22N6S2.C20H20N6OS2/c1-28(14-6-3-2-4-7-14)22-27-21-20(30-22)26-19(29-21)17-12-23-18(13-10-24-25-11-13)16-9-5-8-15(16)17;1-26(14-5-3-2-4-6-14)20-25-19-18(29-20)24-17(28-19)16-15(27)9-13(10-21-16)12-7-8-22-23-11-12/h5,8,10-12,14H,2-4,6-7,9H2,1H3,(H,24,25);7-11,14,27H,2-6H2,1H3. The van der Waals surface area contributed by atoms with E-state index < -0.39 is 0 Å². The topological polar surface area (TPSA) is 159 Å². The number of hydrogen-bond donors (Lipinski definition) is 2. The first-order valence-electron chi connectivity index (χ1n) is 20.1. The number of anilines is 2. The van der Waals surface area contributed by atoms with Crippen molar-refractivity contribution in [1.82, 2.24) is 50.3 Å². The lowest BCUT2D eigenvalue weighted by atomic mass is 9.95. The molecule has 13 nitrogen and oxygen atoms in total. The van der Waals surface area contributed by atoms with E-state index in [9.17, 15) is 5.11 Å². The van der Waals surface area contributed by atoms with E-state index in [-0.39, 0.29) is 5.75 Å². The second-order valence-corrected chi connectivity index (χ2v) is 19.2. The van der Waals surface area contributed by atoms with Gasteiger partial charge in [-0.25, -0.2) is 24.9 Å². The number of nitrogens with one attached hydrogen (secondary N) is 1. The number of thiazole rings is 4. The van der Waals surface area contributed by atoms with Gasteiger partial charge >= 0.3 is 0 Å². The molecule has 8 heterocycles. The van der Waals surface area contributed by atoms with Gasteiger partial charge in [0.1, 0.15) is 21.5 Å². The first-order chi connectivity index (χ1) is 29.0. The molecule has 2 N–H and O–H groups in total. The number of aromatic nitrogens is 10. The molecule has 0 aliphatic heterocycles. The van der Waals surface area contributed by atoms with E-state index in [1.807, 2.05) is 24.7 Å². The summed E-state index contributed by atoms with van der Waals surface area (Å²) in [5.41, 5.74) is 7.72. The first-order valence-corrected chi connectivity index (χ1v) is 23.4. The van der Waals surface area contributed by atoms with E-state index in [2.05, 4.69) is 61.4 Å². The molecule has 3 aliphatic carbocycles. The van der Waals surface area contributed by atoms with Gasteiger partial charge in [0.2, 0.25) is 0 Å². The lowest BCUT2D eigenvalue weighted by molar-refractivity contribution is 0.427. The van der Waals surface area contributed by atoms with E-state index in [1.165, 1.54) is 86.7 Å². The zero-order valence-corrected chi connectivity index (χ0v) is 36.0. The molecule has 2 fully saturated rings. The molecule has 0 unspecified atom stereocenters. The van der Waals surface area contributed by atoms with E-state index in [0.29, 0.717) is 22.8 Å². The largest absolute Gasteiger partial charge is 0.506 e. The summed E-state index contributed by atoms with van der Waals surface area (Å²) in [6.45, 7) is 0. The van der Waals surface area contributed by atoms with Crippen LogP contribution in [0.4, 0.5) is 10.3 Å². The third-order valence-electron chi connectivity index (χ3n) is 11.6. The van der Waals surface area contributed by atoms with Gasteiger partial charge in [-0.1, -0.05) is 96.0 Å². The molecule has 300 valence electrons. The summed E-state index contributed by atoms with van der Waals surface area (Å²) < 4.78 is 0. The molecule has 0 bridgehead atoms. The zero-order chi connectivity index (χ0) is 39.9. The highest BCUT2D eigenvalue weighted by atomic mass is 32.1. The Balaban J connectivity index is 0.000000143. The van der Waals surface area contributed by atoms with Crippen LogP contribution in [-0.4, -0.2) is 81.6 Å². The van der Waals surface area contributed by atoms with Crippen LogP contribution in [0.5, 0.6) is 5.75 Å². The molecule has 8 aromatic heterocycles. The van der Waals surface area contributed by atoms with Crippen LogP contribution in [0.3, 0.4) is 0 Å². The Morgan fingerprint density at radius 3 is 1.92 bits per heavy atom. The molecule has 0 aromatic carbocycles. The Morgan fingerprint density at radius 1 is 0.661 bits per heavy atom. The van der Waals surface area contributed by atoms with Crippen molar-refractivity contribution in [2.24, 2.45) is 0 Å². The number of hydrogen-bond acceptors (Lipinski definition) is 16. The van der Waals surface area contributed by atoms with Crippen LogP contribution in [0.1, 0.15) is 75.3 Å². The molecule has 0 amide bonds. The Bertz CT molecular complexity index is 2680. The van der Waals surface area contributed by atoms with E-state index in [1.54, 1.807) is 58.7 Å². The Kier molecular flexibility index (Phi) is 10.6. The number of pyridine rings is 2. The lowest BCUT2D eigenvalue weighted by Crippen LogP contribution is -2.33. The molecule has 0 atom stereocenters. The van der Waals surface area contributed by atoms with Gasteiger partial charge in [-0.05, 0) is 55.4 Å². The zero-order valence-electron chi connectivity index (χ0n) is 32.7. The Labute approximate surface area is 357 Å². The van der Waals surface area contributed by atoms with E-state index in [4.69, 9.17) is 24.9 Å². The van der Waals surface area contributed by atoms with Gasteiger partial charge in [0.05, 0.1) is 24.3 Å².